The van der Waals surface area contributed by atoms with E-state index in [-0.39, 0.29) is 11.7 Å². The van der Waals surface area contributed by atoms with E-state index < -0.39 is 0 Å². The van der Waals surface area contributed by atoms with E-state index in [1.54, 1.807) is 30.1 Å². The Balaban J connectivity index is 2.10. The molecule has 0 aliphatic carbocycles. The second-order valence-corrected chi connectivity index (χ2v) is 4.71. The molecule has 1 heterocycles. The number of para-hydroxylation sites is 1. The molecule has 88 valence electrons. The van der Waals surface area contributed by atoms with Crippen LogP contribution in [0.3, 0.4) is 0 Å². The molecule has 0 saturated carbocycles. The maximum absolute atomic E-state index is 12.0. The van der Waals surface area contributed by atoms with Crippen LogP contribution in [-0.2, 0) is 6.54 Å². The van der Waals surface area contributed by atoms with Gasteiger partial charge in [-0.05, 0) is 17.5 Å². The molecule has 0 spiro atoms. The van der Waals surface area contributed by atoms with Crippen LogP contribution in [0.5, 0.6) is 5.75 Å². The number of nitrogens with zero attached hydrogens (tertiary/aromatic N) is 1. The van der Waals surface area contributed by atoms with Gasteiger partial charge in [0.1, 0.15) is 5.75 Å². The molecule has 1 aromatic carbocycles. The molecule has 2 rings (SSSR count). The highest BCUT2D eigenvalue weighted by molar-refractivity contribution is 7.12. The van der Waals surface area contributed by atoms with E-state index >= 15 is 0 Å². The van der Waals surface area contributed by atoms with E-state index in [0.29, 0.717) is 11.4 Å². The van der Waals surface area contributed by atoms with Gasteiger partial charge in [-0.2, -0.15) is 0 Å². The lowest BCUT2D eigenvalue weighted by Gasteiger charge is -2.16. The molecule has 0 fully saturated rings. The van der Waals surface area contributed by atoms with Crippen molar-refractivity contribution in [3.63, 3.8) is 0 Å². The van der Waals surface area contributed by atoms with Gasteiger partial charge in [0.15, 0.2) is 0 Å². The molecule has 0 unspecified atom stereocenters. The second-order valence-electron chi connectivity index (χ2n) is 3.77. The number of phenolic OH excluding ortho intramolecular Hbond substituents is 1. The van der Waals surface area contributed by atoms with Gasteiger partial charge in [0.25, 0.3) is 5.91 Å². The molecule has 0 radical (unpaired) electrons. The first kappa shape index (κ1) is 11.7. The van der Waals surface area contributed by atoms with E-state index in [1.807, 2.05) is 23.6 Å². The van der Waals surface area contributed by atoms with Crippen molar-refractivity contribution in [1.82, 2.24) is 4.90 Å². The van der Waals surface area contributed by atoms with E-state index in [2.05, 4.69) is 0 Å². The van der Waals surface area contributed by atoms with Crippen LogP contribution in [0.4, 0.5) is 0 Å². The molecule has 1 aromatic heterocycles. The lowest BCUT2D eigenvalue weighted by atomic mass is 10.2. The number of thiophene rings is 1. The molecule has 1 N–H and O–H groups in total. The molecular weight excluding hydrogens is 234 g/mol. The summed E-state index contributed by atoms with van der Waals surface area (Å²) in [5.41, 5.74) is 0.750. The highest BCUT2D eigenvalue weighted by Gasteiger charge is 2.13. The number of carbonyl (C=O) groups excluding carboxylic acids is 1. The molecule has 4 heteroatoms. The molecule has 0 bridgehead atoms. The third-order valence-corrected chi connectivity index (χ3v) is 3.34. The highest BCUT2D eigenvalue weighted by Crippen LogP contribution is 2.19. The van der Waals surface area contributed by atoms with E-state index in [9.17, 15) is 9.90 Å². The number of amides is 1. The fourth-order valence-corrected chi connectivity index (χ4v) is 2.28. The van der Waals surface area contributed by atoms with Gasteiger partial charge < -0.3 is 10.0 Å². The van der Waals surface area contributed by atoms with Crippen molar-refractivity contribution in [2.24, 2.45) is 0 Å². The smallest absolute Gasteiger partial charge is 0.263 e. The van der Waals surface area contributed by atoms with Gasteiger partial charge in [-0.1, -0.05) is 24.3 Å². The largest absolute Gasteiger partial charge is 0.508 e. The van der Waals surface area contributed by atoms with Gasteiger partial charge in [-0.15, -0.1) is 11.3 Å². The van der Waals surface area contributed by atoms with Crippen LogP contribution in [0.2, 0.25) is 0 Å². The van der Waals surface area contributed by atoms with Crippen molar-refractivity contribution in [1.29, 1.82) is 0 Å². The lowest BCUT2D eigenvalue weighted by molar-refractivity contribution is 0.0789. The normalized spacial score (nSPS) is 10.2. The molecule has 1 amide bonds. The minimum atomic E-state index is -0.0248. The zero-order valence-corrected chi connectivity index (χ0v) is 10.3. The van der Waals surface area contributed by atoms with Crippen LogP contribution in [0.1, 0.15) is 15.2 Å². The topological polar surface area (TPSA) is 40.5 Å². The van der Waals surface area contributed by atoms with Crippen LogP contribution >= 0.6 is 11.3 Å². The number of hydrogen-bond acceptors (Lipinski definition) is 3. The first-order valence-corrected chi connectivity index (χ1v) is 6.12. The summed E-state index contributed by atoms with van der Waals surface area (Å²) >= 11 is 1.42. The molecule has 2 aromatic rings. The summed E-state index contributed by atoms with van der Waals surface area (Å²) in [7, 11) is 1.73. The molecule has 17 heavy (non-hydrogen) atoms. The number of phenols is 1. The molecule has 0 saturated heterocycles. The van der Waals surface area contributed by atoms with Crippen molar-refractivity contribution in [2.75, 3.05) is 7.05 Å². The third kappa shape index (κ3) is 2.65. The quantitative estimate of drug-likeness (QED) is 0.906. The summed E-state index contributed by atoms with van der Waals surface area (Å²) in [6, 6.07) is 10.7. The molecule has 0 aliphatic rings. The van der Waals surface area contributed by atoms with Crippen molar-refractivity contribution < 1.29 is 9.90 Å². The summed E-state index contributed by atoms with van der Waals surface area (Å²) in [4.78, 5) is 14.3. The summed E-state index contributed by atoms with van der Waals surface area (Å²) in [5, 5.41) is 11.5. The SMILES string of the molecule is CN(Cc1ccccc1O)C(=O)c1cccs1. The Labute approximate surface area is 104 Å². The monoisotopic (exact) mass is 247 g/mol. The minimum Gasteiger partial charge on any atom is -0.508 e. The van der Waals surface area contributed by atoms with Gasteiger partial charge in [0.05, 0.1) is 4.88 Å². The Morgan fingerprint density at radius 1 is 1.29 bits per heavy atom. The maximum Gasteiger partial charge on any atom is 0.263 e. The standard InChI is InChI=1S/C13H13NO2S/c1-14(13(16)12-7-4-8-17-12)9-10-5-2-3-6-11(10)15/h2-8,15H,9H2,1H3. The average Bonchev–Trinajstić information content (AvgIpc) is 2.84. The zero-order chi connectivity index (χ0) is 12.3. The first-order chi connectivity index (χ1) is 8.18. The van der Waals surface area contributed by atoms with Gasteiger partial charge in [-0.25, -0.2) is 0 Å². The van der Waals surface area contributed by atoms with Crippen LogP contribution in [0.15, 0.2) is 41.8 Å². The Morgan fingerprint density at radius 3 is 2.71 bits per heavy atom. The summed E-state index contributed by atoms with van der Waals surface area (Å²) in [5.74, 6) is 0.196. The van der Waals surface area contributed by atoms with Gasteiger partial charge in [-0.3, -0.25) is 4.79 Å². The summed E-state index contributed by atoms with van der Waals surface area (Å²) < 4.78 is 0. The third-order valence-electron chi connectivity index (χ3n) is 2.48. The number of hydrogen-bond donors (Lipinski definition) is 1. The predicted molar refractivity (Wildman–Crippen MR) is 68.2 cm³/mol. The molecule has 0 aliphatic heterocycles. The molecular formula is C13H13NO2S. The Kier molecular flexibility index (Phi) is 3.44. The van der Waals surface area contributed by atoms with Gasteiger partial charge in [0.2, 0.25) is 0 Å². The Bertz CT molecular complexity index is 508. The summed E-state index contributed by atoms with van der Waals surface area (Å²) in [6.07, 6.45) is 0. The van der Waals surface area contributed by atoms with Gasteiger partial charge in [0, 0.05) is 19.2 Å². The van der Waals surface area contributed by atoms with E-state index in [1.165, 1.54) is 11.3 Å². The first-order valence-electron chi connectivity index (χ1n) is 5.24. The maximum atomic E-state index is 12.0. The number of aromatic hydroxyl groups is 1. The van der Waals surface area contributed by atoms with Crippen molar-refractivity contribution >= 4 is 17.2 Å². The van der Waals surface area contributed by atoms with Crippen LogP contribution in [-0.4, -0.2) is 23.0 Å². The fourth-order valence-electron chi connectivity index (χ4n) is 1.56. The van der Waals surface area contributed by atoms with Crippen molar-refractivity contribution in [2.45, 2.75) is 6.54 Å². The number of rotatable bonds is 3. The van der Waals surface area contributed by atoms with E-state index in [0.717, 1.165) is 5.56 Å². The average molecular weight is 247 g/mol. The van der Waals surface area contributed by atoms with Crippen molar-refractivity contribution in [3.05, 3.63) is 52.2 Å². The van der Waals surface area contributed by atoms with Gasteiger partial charge >= 0.3 is 0 Å². The number of benzene rings is 1. The van der Waals surface area contributed by atoms with Crippen LogP contribution < -0.4 is 0 Å². The lowest BCUT2D eigenvalue weighted by Crippen LogP contribution is -2.25. The molecule has 0 atom stereocenters. The van der Waals surface area contributed by atoms with E-state index in [4.69, 9.17) is 0 Å². The predicted octanol–water partition coefficient (Wildman–Crippen LogP) is 2.73. The Morgan fingerprint density at radius 2 is 2.06 bits per heavy atom. The summed E-state index contributed by atoms with van der Waals surface area (Å²) in [6.45, 7) is 0.406. The van der Waals surface area contributed by atoms with Crippen LogP contribution in [0.25, 0.3) is 0 Å². The highest BCUT2D eigenvalue weighted by atomic mass is 32.1. The minimum absolute atomic E-state index is 0.0248. The zero-order valence-electron chi connectivity index (χ0n) is 9.46. The second kappa shape index (κ2) is 5.01. The number of carbonyl (C=O) groups is 1. The van der Waals surface area contributed by atoms with Crippen molar-refractivity contribution in [3.8, 4) is 5.75 Å². The fraction of sp³-hybridized carbons (Fsp3) is 0.154. The van der Waals surface area contributed by atoms with Crippen LogP contribution in [0, 0.1) is 0 Å². The Hall–Kier alpha value is -1.81. The molecule has 3 nitrogen and oxygen atoms in total.